The van der Waals surface area contributed by atoms with E-state index in [1.165, 1.54) is 6.92 Å². The molecule has 342 valence electrons. The van der Waals surface area contributed by atoms with Gasteiger partial charge >= 0.3 is 5.97 Å². The summed E-state index contributed by atoms with van der Waals surface area (Å²) in [5.74, 6) is -1.07. The third kappa shape index (κ3) is 10.1. The molecule has 0 spiro atoms. The lowest BCUT2D eigenvalue weighted by Gasteiger charge is -2.36. The van der Waals surface area contributed by atoms with Crippen LogP contribution in [0.25, 0.3) is 11.1 Å². The highest BCUT2D eigenvalue weighted by Gasteiger charge is 2.43. The standard InChI is InChI=1S/C49H41Cl2N5O9S2/c1-27-48(66-49(53-27)55-45(57)34-11-12-34)67(61,62)56-24-36-22-43-42(64-26-44(65-43)33-13-15-37(16-14-33)63-25-30-6-17-38(50)39(51)18-30)21-35(36)20-41(56)46(58)54-40(47(59)60)19-28-2-7-31(8-3-28)32-9-4-29(23-52)5-10-32/h2-10,13-18,21-22,34,40-41,44H,11-12,19-20,24-26H2,1H3,(H,54,58)(H,59,60)(H,53,55,57)/t40?,41-,44+/m0/s1. The number of aryl methyl sites for hydroxylation is 1. The third-order valence-electron chi connectivity index (χ3n) is 11.8. The van der Waals surface area contributed by atoms with Crippen LogP contribution in [0.3, 0.4) is 0 Å². The topological polar surface area (TPSA) is 197 Å². The predicted molar refractivity (Wildman–Crippen MR) is 251 cm³/mol. The number of ether oxygens (including phenoxy) is 3. The van der Waals surface area contributed by atoms with E-state index < -0.39 is 40.1 Å². The fraction of sp³-hybridized carbons (Fsp3) is 0.245. The van der Waals surface area contributed by atoms with Gasteiger partial charge in [0.1, 0.15) is 31.0 Å². The predicted octanol–water partition coefficient (Wildman–Crippen LogP) is 8.66. The van der Waals surface area contributed by atoms with E-state index in [-0.39, 0.29) is 59.5 Å². The number of hydrogen-bond acceptors (Lipinski definition) is 11. The van der Waals surface area contributed by atoms with Gasteiger partial charge in [-0.15, -0.1) is 0 Å². The molecule has 0 bridgehead atoms. The van der Waals surface area contributed by atoms with Gasteiger partial charge in [-0.3, -0.25) is 9.59 Å². The molecule has 1 unspecified atom stereocenters. The van der Waals surface area contributed by atoms with Gasteiger partial charge in [-0.2, -0.15) is 9.57 Å². The Balaban J connectivity index is 0.953. The normalized spacial score (nSPS) is 17.1. The van der Waals surface area contributed by atoms with E-state index in [2.05, 4.69) is 21.7 Å². The molecule has 1 aromatic heterocycles. The number of rotatable bonds is 14. The van der Waals surface area contributed by atoms with Crippen LogP contribution in [0.15, 0.2) is 107 Å². The zero-order chi connectivity index (χ0) is 47.0. The molecule has 0 saturated heterocycles. The van der Waals surface area contributed by atoms with Gasteiger partial charge in [0, 0.05) is 18.9 Å². The smallest absolute Gasteiger partial charge is 0.326 e. The second-order valence-electron chi connectivity index (χ2n) is 16.5. The molecule has 3 N–H and O–H groups in total. The second-order valence-corrected chi connectivity index (χ2v) is 20.4. The van der Waals surface area contributed by atoms with Crippen molar-refractivity contribution in [3.8, 4) is 34.4 Å². The number of aromatic nitrogens is 1. The molecule has 18 heteroatoms. The quantitative estimate of drug-likeness (QED) is 0.0945. The number of benzene rings is 5. The number of halogens is 2. The van der Waals surface area contributed by atoms with Gasteiger partial charge in [0.25, 0.3) is 10.0 Å². The first-order chi connectivity index (χ1) is 32.2. The molecule has 3 aliphatic rings. The molecule has 6 aromatic rings. The average molecular weight is 979 g/mol. The molecule has 2 amide bonds. The highest BCUT2D eigenvalue weighted by atomic mass is 35.5. The summed E-state index contributed by atoms with van der Waals surface area (Å²) in [6.07, 6.45) is 0.779. The molecule has 67 heavy (non-hydrogen) atoms. The number of nitriles is 1. The average Bonchev–Trinajstić information content (AvgIpc) is 4.12. The highest BCUT2D eigenvalue weighted by molar-refractivity contribution is 7.91. The van der Waals surface area contributed by atoms with Crippen molar-refractivity contribution < 1.29 is 42.1 Å². The van der Waals surface area contributed by atoms with Crippen molar-refractivity contribution in [3.05, 3.63) is 152 Å². The van der Waals surface area contributed by atoms with Crippen molar-refractivity contribution in [1.82, 2.24) is 14.6 Å². The monoisotopic (exact) mass is 977 g/mol. The Hall–Kier alpha value is -6.48. The zero-order valence-electron chi connectivity index (χ0n) is 35.7. The van der Waals surface area contributed by atoms with E-state index in [4.69, 9.17) is 42.7 Å². The summed E-state index contributed by atoms with van der Waals surface area (Å²) in [5, 5.41) is 25.9. The van der Waals surface area contributed by atoms with Crippen molar-refractivity contribution in [1.29, 1.82) is 5.26 Å². The lowest BCUT2D eigenvalue weighted by atomic mass is 9.94. The minimum absolute atomic E-state index is 0.0862. The Morgan fingerprint density at radius 3 is 2.27 bits per heavy atom. The number of carbonyl (C=O) groups excluding carboxylic acids is 2. The number of aliphatic carboxylic acids is 1. The molecule has 5 aromatic carbocycles. The van der Waals surface area contributed by atoms with E-state index in [1.54, 1.807) is 48.5 Å². The number of nitrogens with one attached hydrogen (secondary N) is 2. The highest BCUT2D eigenvalue weighted by Crippen LogP contribution is 2.43. The molecule has 3 atom stereocenters. The van der Waals surface area contributed by atoms with E-state index >= 15 is 0 Å². The van der Waals surface area contributed by atoms with Crippen molar-refractivity contribution in [2.75, 3.05) is 11.9 Å². The molecular weight excluding hydrogens is 938 g/mol. The van der Waals surface area contributed by atoms with Gasteiger partial charge in [0.2, 0.25) is 11.8 Å². The summed E-state index contributed by atoms with van der Waals surface area (Å²) in [5.41, 5.74) is 5.86. The molecular formula is C49H41Cl2N5O9S2. The maximum Gasteiger partial charge on any atom is 0.326 e. The van der Waals surface area contributed by atoms with Crippen LogP contribution in [0.4, 0.5) is 5.13 Å². The summed E-state index contributed by atoms with van der Waals surface area (Å²) in [6, 6.07) is 29.7. The minimum atomic E-state index is -4.49. The number of thiazole rings is 1. The maximum atomic E-state index is 14.8. The lowest BCUT2D eigenvalue weighted by molar-refractivity contribution is -0.142. The number of amides is 2. The number of anilines is 1. The number of carboxylic acids is 1. The first kappa shape index (κ1) is 45.7. The summed E-state index contributed by atoms with van der Waals surface area (Å²) in [4.78, 5) is 44.1. The van der Waals surface area contributed by atoms with Crippen molar-refractivity contribution >= 4 is 67.5 Å². The van der Waals surface area contributed by atoms with Gasteiger partial charge in [0.15, 0.2) is 26.9 Å². The van der Waals surface area contributed by atoms with Crippen LogP contribution in [0.2, 0.25) is 10.0 Å². The van der Waals surface area contributed by atoms with E-state index in [0.717, 1.165) is 50.7 Å². The molecule has 2 aliphatic heterocycles. The Kier molecular flexibility index (Phi) is 13.0. The fourth-order valence-electron chi connectivity index (χ4n) is 7.95. The van der Waals surface area contributed by atoms with Crippen LogP contribution in [-0.4, -0.2) is 59.3 Å². The molecule has 1 saturated carbocycles. The van der Waals surface area contributed by atoms with Crippen LogP contribution in [0, 0.1) is 24.2 Å². The first-order valence-corrected chi connectivity index (χ1v) is 24.3. The Bertz CT molecular complexity index is 3050. The summed E-state index contributed by atoms with van der Waals surface area (Å²) in [6.45, 7) is 1.70. The van der Waals surface area contributed by atoms with Gasteiger partial charge in [-0.25, -0.2) is 18.2 Å². The number of sulfonamides is 1. The number of carbonyl (C=O) groups is 3. The summed E-state index contributed by atoms with van der Waals surface area (Å²) >= 11 is 13.0. The summed E-state index contributed by atoms with van der Waals surface area (Å²) < 4.78 is 49.1. The van der Waals surface area contributed by atoms with E-state index in [0.29, 0.717) is 49.5 Å². The number of carboxylic acid groups (broad SMARTS) is 1. The van der Waals surface area contributed by atoms with Crippen LogP contribution < -0.4 is 24.8 Å². The SMILES string of the molecule is Cc1nc(NC(=O)C2CC2)sc1S(=O)(=O)N1Cc2cc3c(cc2C[C@H]1C(=O)NC(Cc1ccc(-c2ccc(C#N)cc2)cc1)C(=O)O)OC[C@H](c1ccc(OCc2ccc(Cl)c(Cl)c2)cc1)O3. The largest absolute Gasteiger partial charge is 0.489 e. The second kappa shape index (κ2) is 19.0. The van der Waals surface area contributed by atoms with E-state index in [1.807, 2.05) is 54.6 Å². The van der Waals surface area contributed by atoms with Gasteiger partial charge < -0.3 is 30.0 Å². The number of hydrogen-bond donors (Lipinski definition) is 3. The number of nitrogens with zero attached hydrogens (tertiary/aromatic N) is 3. The Morgan fingerprint density at radius 2 is 1.60 bits per heavy atom. The van der Waals surface area contributed by atoms with Crippen LogP contribution >= 0.6 is 34.5 Å². The third-order valence-corrected chi connectivity index (χ3v) is 16.0. The Morgan fingerprint density at radius 1 is 0.910 bits per heavy atom. The number of fused-ring (bicyclic) bond motifs is 2. The fourth-order valence-corrected chi connectivity index (χ4v) is 11.4. The lowest BCUT2D eigenvalue weighted by Crippen LogP contribution is -2.55. The molecule has 1 aliphatic carbocycles. The molecule has 14 nitrogen and oxygen atoms in total. The van der Waals surface area contributed by atoms with Crippen LogP contribution in [-0.2, 0) is 50.4 Å². The zero-order valence-corrected chi connectivity index (χ0v) is 38.8. The van der Waals surface area contributed by atoms with Crippen LogP contribution in [0.1, 0.15) is 58.0 Å². The molecule has 9 rings (SSSR count). The summed E-state index contributed by atoms with van der Waals surface area (Å²) in [7, 11) is -4.49. The van der Waals surface area contributed by atoms with E-state index in [9.17, 15) is 27.9 Å². The first-order valence-electron chi connectivity index (χ1n) is 21.3. The molecule has 0 radical (unpaired) electrons. The minimum Gasteiger partial charge on any atom is -0.489 e. The van der Waals surface area contributed by atoms with Gasteiger partial charge in [-0.1, -0.05) is 89.1 Å². The van der Waals surface area contributed by atoms with Crippen molar-refractivity contribution in [3.63, 3.8) is 0 Å². The van der Waals surface area contributed by atoms with Gasteiger partial charge in [0.05, 0.1) is 27.4 Å². The van der Waals surface area contributed by atoms with Crippen LogP contribution in [0.5, 0.6) is 17.2 Å². The Labute approximate surface area is 400 Å². The van der Waals surface area contributed by atoms with Gasteiger partial charge in [-0.05, 0) is 114 Å². The molecule has 1 fully saturated rings. The maximum absolute atomic E-state index is 14.8. The van der Waals surface area contributed by atoms with Crippen molar-refractivity contribution in [2.45, 2.75) is 68.2 Å². The molecule has 3 heterocycles. The van der Waals surface area contributed by atoms with Crippen molar-refractivity contribution in [2.24, 2.45) is 5.92 Å².